The lowest BCUT2D eigenvalue weighted by Gasteiger charge is -2.16. The van der Waals surface area contributed by atoms with Gasteiger partial charge in [-0.2, -0.15) is 0 Å². The van der Waals surface area contributed by atoms with Crippen LogP contribution in [0.2, 0.25) is 5.02 Å². The fourth-order valence-corrected chi connectivity index (χ4v) is 3.63. The summed E-state index contributed by atoms with van der Waals surface area (Å²) in [5.41, 5.74) is 2.85. The number of halogens is 2. The minimum absolute atomic E-state index is 0.0616. The van der Waals surface area contributed by atoms with Crippen molar-refractivity contribution in [2.45, 2.75) is 13.8 Å². The molecule has 3 aromatic rings. The molecule has 1 N–H and O–H groups in total. The first-order chi connectivity index (χ1) is 15.7. The average Bonchev–Trinajstić information content (AvgIpc) is 2.99. The van der Waals surface area contributed by atoms with E-state index < -0.39 is 17.8 Å². The third-order valence-electron chi connectivity index (χ3n) is 5.03. The molecular formula is C25H18Cl2N2O4. The summed E-state index contributed by atoms with van der Waals surface area (Å²) in [4.78, 5) is 38.9. The standard InChI is InChI=1S/C25H18Cl2N2O4/c1-14-4-3-5-19(12-14)33-25(32)16-7-9-17(10-8-16)28-22-21(27)23(30)29(24(22)31)18-11-6-15(2)20(26)13-18/h3-13,28H,1-2H3. The number of amides is 2. The Bertz CT molecular complexity index is 1320. The quantitative estimate of drug-likeness (QED) is 0.291. The number of carbonyl (C=O) groups is 3. The van der Waals surface area contributed by atoms with Crippen molar-refractivity contribution in [3.63, 3.8) is 0 Å². The van der Waals surface area contributed by atoms with Crippen LogP contribution in [-0.2, 0) is 9.59 Å². The van der Waals surface area contributed by atoms with Gasteiger partial charge in [0.05, 0.1) is 11.3 Å². The van der Waals surface area contributed by atoms with Gasteiger partial charge in [-0.15, -0.1) is 0 Å². The molecule has 0 atom stereocenters. The highest BCUT2D eigenvalue weighted by atomic mass is 35.5. The van der Waals surface area contributed by atoms with Crippen molar-refractivity contribution in [1.29, 1.82) is 0 Å². The molecule has 6 nitrogen and oxygen atoms in total. The van der Waals surface area contributed by atoms with Crippen LogP contribution in [0, 0.1) is 13.8 Å². The number of carbonyl (C=O) groups excluding carboxylic acids is 3. The minimum atomic E-state index is -0.651. The Hall–Kier alpha value is -3.61. The molecule has 2 amide bonds. The Morgan fingerprint density at radius 2 is 1.64 bits per heavy atom. The Kier molecular flexibility index (Phi) is 6.22. The van der Waals surface area contributed by atoms with E-state index >= 15 is 0 Å². The van der Waals surface area contributed by atoms with Crippen molar-refractivity contribution in [2.24, 2.45) is 0 Å². The molecule has 1 aliphatic rings. The lowest BCUT2D eigenvalue weighted by Crippen LogP contribution is -2.32. The van der Waals surface area contributed by atoms with E-state index in [4.69, 9.17) is 27.9 Å². The van der Waals surface area contributed by atoms with Crippen LogP contribution < -0.4 is 15.0 Å². The fourth-order valence-electron chi connectivity index (χ4n) is 3.25. The van der Waals surface area contributed by atoms with Gasteiger partial charge in [0.2, 0.25) is 0 Å². The van der Waals surface area contributed by atoms with E-state index in [0.717, 1.165) is 16.0 Å². The maximum Gasteiger partial charge on any atom is 0.343 e. The Morgan fingerprint density at radius 1 is 0.909 bits per heavy atom. The third-order valence-corrected chi connectivity index (χ3v) is 5.79. The van der Waals surface area contributed by atoms with E-state index in [2.05, 4.69) is 5.32 Å². The van der Waals surface area contributed by atoms with Crippen LogP contribution in [0.3, 0.4) is 0 Å². The van der Waals surface area contributed by atoms with Gasteiger partial charge in [-0.1, -0.05) is 41.4 Å². The lowest BCUT2D eigenvalue weighted by atomic mass is 10.2. The third kappa shape index (κ3) is 4.62. The number of nitrogens with zero attached hydrogens (tertiary/aromatic N) is 1. The molecule has 0 unspecified atom stereocenters. The van der Waals surface area contributed by atoms with Gasteiger partial charge < -0.3 is 10.1 Å². The molecule has 0 radical (unpaired) electrons. The van der Waals surface area contributed by atoms with Crippen molar-refractivity contribution < 1.29 is 19.1 Å². The van der Waals surface area contributed by atoms with Crippen LogP contribution in [0.15, 0.2) is 77.5 Å². The molecule has 0 bridgehead atoms. The van der Waals surface area contributed by atoms with Crippen molar-refractivity contribution in [1.82, 2.24) is 0 Å². The number of aryl methyl sites for hydroxylation is 2. The summed E-state index contributed by atoms with van der Waals surface area (Å²) in [6.07, 6.45) is 0. The monoisotopic (exact) mass is 480 g/mol. The zero-order valence-electron chi connectivity index (χ0n) is 17.7. The van der Waals surface area contributed by atoms with Gasteiger partial charge in [-0.25, -0.2) is 9.69 Å². The summed E-state index contributed by atoms with van der Waals surface area (Å²) >= 11 is 12.3. The molecule has 3 aromatic carbocycles. The molecule has 0 fully saturated rings. The van der Waals surface area contributed by atoms with Crippen LogP contribution in [-0.4, -0.2) is 17.8 Å². The van der Waals surface area contributed by atoms with Crippen molar-refractivity contribution in [2.75, 3.05) is 10.2 Å². The second-order valence-corrected chi connectivity index (χ2v) is 8.26. The number of imide groups is 1. The van der Waals surface area contributed by atoms with E-state index in [0.29, 0.717) is 27.7 Å². The fraction of sp³-hybridized carbons (Fsp3) is 0.0800. The zero-order chi connectivity index (χ0) is 23.7. The molecular weight excluding hydrogens is 463 g/mol. The van der Waals surface area contributed by atoms with E-state index in [9.17, 15) is 14.4 Å². The minimum Gasteiger partial charge on any atom is -0.423 e. The van der Waals surface area contributed by atoms with E-state index in [-0.39, 0.29) is 10.7 Å². The first kappa shape index (κ1) is 22.6. The van der Waals surface area contributed by atoms with Gasteiger partial charge in [0.1, 0.15) is 16.5 Å². The predicted octanol–water partition coefficient (Wildman–Crippen LogP) is 5.61. The van der Waals surface area contributed by atoms with E-state index in [1.807, 2.05) is 19.9 Å². The summed E-state index contributed by atoms with van der Waals surface area (Å²) in [6.45, 7) is 3.72. The van der Waals surface area contributed by atoms with Crippen LogP contribution in [0.4, 0.5) is 11.4 Å². The molecule has 0 aliphatic carbocycles. The van der Waals surface area contributed by atoms with Gasteiger partial charge in [0, 0.05) is 10.7 Å². The average molecular weight is 481 g/mol. The van der Waals surface area contributed by atoms with E-state index in [1.165, 1.54) is 6.07 Å². The van der Waals surface area contributed by atoms with Crippen molar-refractivity contribution in [3.8, 4) is 5.75 Å². The number of anilines is 2. The lowest BCUT2D eigenvalue weighted by molar-refractivity contribution is -0.120. The molecule has 33 heavy (non-hydrogen) atoms. The van der Waals surface area contributed by atoms with Crippen LogP contribution in [0.25, 0.3) is 0 Å². The summed E-state index contributed by atoms with van der Waals surface area (Å²) in [5, 5.41) is 3.06. The van der Waals surface area contributed by atoms with Crippen molar-refractivity contribution >= 4 is 52.4 Å². The second kappa shape index (κ2) is 9.10. The highest BCUT2D eigenvalue weighted by Crippen LogP contribution is 2.32. The largest absolute Gasteiger partial charge is 0.423 e. The van der Waals surface area contributed by atoms with E-state index in [1.54, 1.807) is 54.6 Å². The number of hydrogen-bond donors (Lipinski definition) is 1. The Balaban J connectivity index is 1.49. The topological polar surface area (TPSA) is 75.7 Å². The molecule has 4 rings (SSSR count). The molecule has 1 aliphatic heterocycles. The van der Waals surface area contributed by atoms with Crippen LogP contribution >= 0.6 is 23.2 Å². The molecule has 0 saturated heterocycles. The van der Waals surface area contributed by atoms with Gasteiger partial charge in [-0.3, -0.25) is 9.59 Å². The molecule has 0 spiro atoms. The Labute approximate surface area is 200 Å². The Morgan fingerprint density at radius 3 is 2.30 bits per heavy atom. The summed E-state index contributed by atoms with van der Waals surface area (Å²) in [6, 6.07) is 18.3. The molecule has 0 aromatic heterocycles. The summed E-state index contributed by atoms with van der Waals surface area (Å²) < 4.78 is 5.38. The number of ether oxygens (including phenoxy) is 1. The number of esters is 1. The molecule has 8 heteroatoms. The second-order valence-electron chi connectivity index (χ2n) is 7.48. The van der Waals surface area contributed by atoms with Crippen LogP contribution in [0.1, 0.15) is 21.5 Å². The van der Waals surface area contributed by atoms with Gasteiger partial charge in [0.15, 0.2) is 0 Å². The van der Waals surface area contributed by atoms with Crippen LogP contribution in [0.5, 0.6) is 5.75 Å². The van der Waals surface area contributed by atoms with Gasteiger partial charge in [0.25, 0.3) is 11.8 Å². The first-order valence-electron chi connectivity index (χ1n) is 9.95. The normalized spacial score (nSPS) is 13.5. The number of hydrogen-bond acceptors (Lipinski definition) is 5. The highest BCUT2D eigenvalue weighted by Gasteiger charge is 2.39. The maximum absolute atomic E-state index is 12.9. The number of benzene rings is 3. The zero-order valence-corrected chi connectivity index (χ0v) is 19.2. The SMILES string of the molecule is Cc1cccc(OC(=O)c2ccc(NC3=C(Cl)C(=O)N(c4ccc(C)c(Cl)c4)C3=O)cc2)c1. The molecule has 166 valence electrons. The van der Waals surface area contributed by atoms with Gasteiger partial charge in [-0.05, 0) is 73.5 Å². The first-order valence-corrected chi connectivity index (χ1v) is 10.7. The number of rotatable bonds is 5. The smallest absolute Gasteiger partial charge is 0.343 e. The van der Waals surface area contributed by atoms with Crippen molar-refractivity contribution in [3.05, 3.63) is 99.2 Å². The highest BCUT2D eigenvalue weighted by molar-refractivity contribution is 6.53. The number of nitrogens with one attached hydrogen (secondary N) is 1. The summed E-state index contributed by atoms with van der Waals surface area (Å²) in [7, 11) is 0. The molecule has 1 heterocycles. The van der Waals surface area contributed by atoms with Gasteiger partial charge >= 0.3 is 5.97 Å². The predicted molar refractivity (Wildman–Crippen MR) is 128 cm³/mol. The molecule has 0 saturated carbocycles. The maximum atomic E-state index is 12.9. The summed E-state index contributed by atoms with van der Waals surface area (Å²) in [5.74, 6) is -1.32.